The minimum Gasteiger partial charge on any atom is -0.379 e. The molecule has 1 N–H and O–H groups in total. The highest BCUT2D eigenvalue weighted by molar-refractivity contribution is 5.36. The van der Waals surface area contributed by atoms with Crippen LogP contribution in [0.2, 0.25) is 0 Å². The average Bonchev–Trinajstić information content (AvgIpc) is 2.79. The monoisotopic (exact) mass is 375 g/mol. The van der Waals surface area contributed by atoms with E-state index in [2.05, 4.69) is 27.0 Å². The van der Waals surface area contributed by atoms with Crippen LogP contribution in [-0.4, -0.2) is 52.3 Å². The zero-order chi connectivity index (χ0) is 19.2. The summed E-state index contributed by atoms with van der Waals surface area (Å²) in [5.74, 6) is 0. The van der Waals surface area contributed by atoms with Crippen molar-refractivity contribution in [1.29, 1.82) is 0 Å². The molecule has 3 heterocycles. The van der Waals surface area contributed by atoms with Crippen LogP contribution in [0.15, 0.2) is 79.4 Å². The van der Waals surface area contributed by atoms with E-state index < -0.39 is 5.60 Å². The smallest absolute Gasteiger partial charge is 0.133 e. The first-order valence-corrected chi connectivity index (χ1v) is 9.67. The summed E-state index contributed by atoms with van der Waals surface area (Å²) in [6.07, 6.45) is 7.68. The van der Waals surface area contributed by atoms with E-state index in [1.54, 1.807) is 24.8 Å². The van der Waals surface area contributed by atoms with Crippen molar-refractivity contribution < 1.29 is 9.84 Å². The molecular weight excluding hydrogens is 350 g/mol. The summed E-state index contributed by atoms with van der Waals surface area (Å²) < 4.78 is 5.58. The highest BCUT2D eigenvalue weighted by Gasteiger charge is 2.44. The van der Waals surface area contributed by atoms with Gasteiger partial charge in [0, 0.05) is 49.0 Å². The Kier molecular flexibility index (Phi) is 5.76. The summed E-state index contributed by atoms with van der Waals surface area (Å²) in [5, 5.41) is 12.3. The Morgan fingerprint density at radius 1 is 0.893 bits per heavy atom. The molecule has 144 valence electrons. The molecule has 0 radical (unpaired) electrons. The number of aromatic nitrogens is 2. The minimum atomic E-state index is -1.24. The maximum absolute atomic E-state index is 12.3. The van der Waals surface area contributed by atoms with Gasteiger partial charge in [0.25, 0.3) is 0 Å². The van der Waals surface area contributed by atoms with E-state index in [1.165, 1.54) is 5.56 Å². The Hall–Kier alpha value is -2.60. The topological polar surface area (TPSA) is 58.5 Å². The summed E-state index contributed by atoms with van der Waals surface area (Å²) >= 11 is 0. The third kappa shape index (κ3) is 3.83. The molecule has 1 atom stereocenters. The van der Waals surface area contributed by atoms with Gasteiger partial charge in [-0.15, -0.1) is 0 Å². The standard InChI is InChI=1S/C23H25N3O2/c27-23(20-8-4-10-24-17-20,21-9-5-11-25-18-21)22(26-12-14-28-15-13-26)16-19-6-2-1-3-7-19/h1-11,17-18,22,27H,12-16H2. The maximum Gasteiger partial charge on any atom is 0.133 e. The summed E-state index contributed by atoms with van der Waals surface area (Å²) in [4.78, 5) is 10.9. The van der Waals surface area contributed by atoms with E-state index in [0.717, 1.165) is 24.2 Å². The largest absolute Gasteiger partial charge is 0.379 e. The highest BCUT2D eigenvalue weighted by atomic mass is 16.5. The van der Waals surface area contributed by atoms with E-state index in [1.807, 2.05) is 42.5 Å². The molecule has 5 nitrogen and oxygen atoms in total. The van der Waals surface area contributed by atoms with Crippen LogP contribution in [0.1, 0.15) is 16.7 Å². The van der Waals surface area contributed by atoms with Gasteiger partial charge in [-0.1, -0.05) is 42.5 Å². The average molecular weight is 375 g/mol. The predicted octanol–water partition coefficient (Wildman–Crippen LogP) is 2.66. The Labute approximate surface area is 165 Å². The number of aliphatic hydroxyl groups is 1. The third-order valence-electron chi connectivity index (χ3n) is 5.44. The molecule has 1 saturated heterocycles. The second kappa shape index (κ2) is 8.61. The van der Waals surface area contributed by atoms with Gasteiger partial charge in [0.1, 0.15) is 5.60 Å². The van der Waals surface area contributed by atoms with Crippen LogP contribution in [0, 0.1) is 0 Å². The van der Waals surface area contributed by atoms with Crippen LogP contribution < -0.4 is 0 Å². The molecule has 28 heavy (non-hydrogen) atoms. The molecule has 1 unspecified atom stereocenters. The lowest BCUT2D eigenvalue weighted by Gasteiger charge is -2.44. The molecule has 1 aliphatic rings. The molecule has 0 aliphatic carbocycles. The van der Waals surface area contributed by atoms with Gasteiger partial charge < -0.3 is 9.84 Å². The van der Waals surface area contributed by atoms with Crippen LogP contribution in [0.3, 0.4) is 0 Å². The quantitative estimate of drug-likeness (QED) is 0.718. The number of pyridine rings is 2. The minimum absolute atomic E-state index is 0.174. The van der Waals surface area contributed by atoms with Crippen molar-refractivity contribution in [3.05, 3.63) is 96.1 Å². The molecule has 4 rings (SSSR count). The summed E-state index contributed by atoms with van der Waals surface area (Å²) in [7, 11) is 0. The molecule has 1 fully saturated rings. The summed E-state index contributed by atoms with van der Waals surface area (Å²) in [6, 6.07) is 17.8. The fourth-order valence-electron chi connectivity index (χ4n) is 4.00. The maximum atomic E-state index is 12.3. The van der Waals surface area contributed by atoms with Gasteiger partial charge in [-0.3, -0.25) is 14.9 Å². The molecule has 5 heteroatoms. The third-order valence-corrected chi connectivity index (χ3v) is 5.44. The van der Waals surface area contributed by atoms with Crippen molar-refractivity contribution in [3.8, 4) is 0 Å². The van der Waals surface area contributed by atoms with Gasteiger partial charge in [0.2, 0.25) is 0 Å². The second-order valence-electron chi connectivity index (χ2n) is 7.10. The summed E-state index contributed by atoms with van der Waals surface area (Å²) in [6.45, 7) is 2.89. The van der Waals surface area contributed by atoms with Gasteiger partial charge >= 0.3 is 0 Å². The molecule has 0 spiro atoms. The first-order valence-electron chi connectivity index (χ1n) is 9.67. The van der Waals surface area contributed by atoms with Gasteiger partial charge in [-0.2, -0.15) is 0 Å². The van der Waals surface area contributed by atoms with Crippen molar-refractivity contribution in [3.63, 3.8) is 0 Å². The lowest BCUT2D eigenvalue weighted by molar-refractivity contribution is -0.0600. The predicted molar refractivity (Wildman–Crippen MR) is 108 cm³/mol. The van der Waals surface area contributed by atoms with E-state index in [4.69, 9.17) is 4.74 Å². The number of hydrogen-bond donors (Lipinski definition) is 1. The molecule has 3 aromatic rings. The number of rotatable bonds is 6. The van der Waals surface area contributed by atoms with Crippen molar-refractivity contribution in [1.82, 2.24) is 14.9 Å². The Bertz CT molecular complexity index is 813. The van der Waals surface area contributed by atoms with Gasteiger partial charge in [0.05, 0.1) is 19.3 Å². The van der Waals surface area contributed by atoms with E-state index in [9.17, 15) is 5.11 Å². The molecule has 1 aromatic carbocycles. The van der Waals surface area contributed by atoms with Crippen molar-refractivity contribution in [2.75, 3.05) is 26.3 Å². The number of nitrogens with zero attached hydrogens (tertiary/aromatic N) is 3. The van der Waals surface area contributed by atoms with Gasteiger partial charge in [-0.25, -0.2) is 0 Å². The summed E-state index contributed by atoms with van der Waals surface area (Å²) in [5.41, 5.74) is 1.49. The highest BCUT2D eigenvalue weighted by Crippen LogP contribution is 2.37. The van der Waals surface area contributed by atoms with Crippen molar-refractivity contribution in [2.45, 2.75) is 18.1 Å². The van der Waals surface area contributed by atoms with Crippen LogP contribution in [0.4, 0.5) is 0 Å². The fraction of sp³-hybridized carbons (Fsp3) is 0.304. The lowest BCUT2D eigenvalue weighted by Crippen LogP contribution is -2.56. The van der Waals surface area contributed by atoms with E-state index >= 15 is 0 Å². The number of morpholine rings is 1. The van der Waals surface area contributed by atoms with Crippen LogP contribution in [-0.2, 0) is 16.8 Å². The van der Waals surface area contributed by atoms with Crippen LogP contribution >= 0.6 is 0 Å². The lowest BCUT2D eigenvalue weighted by atomic mass is 9.78. The number of benzene rings is 1. The Morgan fingerprint density at radius 3 is 2.04 bits per heavy atom. The first-order chi connectivity index (χ1) is 13.8. The number of ether oxygens (including phenoxy) is 1. The van der Waals surface area contributed by atoms with E-state index in [0.29, 0.717) is 19.6 Å². The second-order valence-corrected chi connectivity index (χ2v) is 7.10. The Balaban J connectivity index is 1.83. The molecule has 0 bridgehead atoms. The normalized spacial score (nSPS) is 16.6. The van der Waals surface area contributed by atoms with Crippen molar-refractivity contribution >= 4 is 0 Å². The van der Waals surface area contributed by atoms with E-state index in [-0.39, 0.29) is 6.04 Å². The first kappa shape index (κ1) is 18.7. The fourth-order valence-corrected chi connectivity index (χ4v) is 4.00. The molecule has 0 amide bonds. The Morgan fingerprint density at radius 2 is 1.50 bits per heavy atom. The molecular formula is C23H25N3O2. The molecule has 0 saturated carbocycles. The van der Waals surface area contributed by atoms with Crippen molar-refractivity contribution in [2.24, 2.45) is 0 Å². The van der Waals surface area contributed by atoms with Crippen LogP contribution in [0.5, 0.6) is 0 Å². The molecule has 2 aromatic heterocycles. The zero-order valence-electron chi connectivity index (χ0n) is 15.8. The zero-order valence-corrected chi connectivity index (χ0v) is 15.8. The van der Waals surface area contributed by atoms with Gasteiger partial charge in [0.15, 0.2) is 0 Å². The number of hydrogen-bond acceptors (Lipinski definition) is 5. The van der Waals surface area contributed by atoms with Crippen LogP contribution in [0.25, 0.3) is 0 Å². The van der Waals surface area contributed by atoms with Gasteiger partial charge in [-0.05, 0) is 24.1 Å². The SMILES string of the molecule is OC(c1cccnc1)(c1cccnc1)C(Cc1ccccc1)N1CCOCC1. The molecule has 1 aliphatic heterocycles.